The van der Waals surface area contributed by atoms with Crippen LogP contribution in [0.15, 0.2) is 68.9 Å². The highest BCUT2D eigenvalue weighted by Crippen LogP contribution is 2.21. The summed E-state index contributed by atoms with van der Waals surface area (Å²) in [6.07, 6.45) is 3.20. The van der Waals surface area contributed by atoms with Crippen LogP contribution in [-0.2, 0) is 0 Å². The molecule has 0 unspecified atom stereocenters. The Morgan fingerprint density at radius 2 is 1.90 bits per heavy atom. The van der Waals surface area contributed by atoms with Crippen LogP contribution in [0.2, 0.25) is 0 Å². The van der Waals surface area contributed by atoms with E-state index in [-0.39, 0.29) is 5.69 Å². The van der Waals surface area contributed by atoms with Crippen LogP contribution in [0.1, 0.15) is 5.69 Å². The van der Waals surface area contributed by atoms with E-state index in [1.165, 1.54) is 10.9 Å². The molecule has 5 aromatic rings. The molecule has 0 aliphatic heterocycles. The van der Waals surface area contributed by atoms with Crippen LogP contribution < -0.4 is 11.2 Å². The zero-order valence-corrected chi connectivity index (χ0v) is 16.7. The van der Waals surface area contributed by atoms with E-state index in [1.54, 1.807) is 13.1 Å². The van der Waals surface area contributed by atoms with Gasteiger partial charge in [0.15, 0.2) is 5.69 Å². The molecule has 0 bridgehead atoms. The molecule has 142 valence electrons. The third kappa shape index (κ3) is 2.70. The summed E-state index contributed by atoms with van der Waals surface area (Å²) in [6, 6.07) is 12.9. The van der Waals surface area contributed by atoms with Gasteiger partial charge in [-0.15, -0.1) is 5.10 Å². The second-order valence-electron chi connectivity index (χ2n) is 6.56. The second-order valence-corrected chi connectivity index (χ2v) is 7.47. The van der Waals surface area contributed by atoms with Crippen molar-refractivity contribution in [2.45, 2.75) is 6.92 Å². The molecule has 2 aromatic carbocycles. The highest BCUT2D eigenvalue weighted by Gasteiger charge is 2.19. The van der Waals surface area contributed by atoms with Crippen molar-refractivity contribution >= 4 is 37.7 Å². The third-order valence-electron chi connectivity index (χ3n) is 4.77. The van der Waals surface area contributed by atoms with E-state index < -0.39 is 11.2 Å². The summed E-state index contributed by atoms with van der Waals surface area (Å²) < 4.78 is 3.39. The lowest BCUT2D eigenvalue weighted by molar-refractivity contribution is 0.763. The van der Waals surface area contributed by atoms with Crippen LogP contribution in [0.25, 0.3) is 33.2 Å². The monoisotopic (exact) mass is 448 g/mol. The fourth-order valence-electron chi connectivity index (χ4n) is 3.44. The Labute approximate surface area is 171 Å². The smallest absolute Gasteiger partial charge is 0.309 e. The van der Waals surface area contributed by atoms with Gasteiger partial charge in [-0.05, 0) is 25.1 Å². The van der Waals surface area contributed by atoms with Crippen molar-refractivity contribution in [3.8, 4) is 11.4 Å². The lowest BCUT2D eigenvalue weighted by Gasteiger charge is -2.12. The maximum Gasteiger partial charge on any atom is 0.333 e. The molecule has 0 aliphatic rings. The number of halogens is 1. The summed E-state index contributed by atoms with van der Waals surface area (Å²) >= 11 is 3.40. The molecule has 0 aliphatic carbocycles. The van der Waals surface area contributed by atoms with Gasteiger partial charge in [0.1, 0.15) is 5.52 Å². The quantitative estimate of drug-likeness (QED) is 0.447. The number of fused-ring (bicyclic) bond motifs is 2. The number of benzene rings is 2. The first-order valence-corrected chi connectivity index (χ1v) is 9.54. The molecule has 3 aromatic heterocycles. The molecular formula is C20H13BrN6O2. The number of nitrogens with one attached hydrogen (secondary N) is 1. The van der Waals surface area contributed by atoms with Crippen molar-refractivity contribution < 1.29 is 0 Å². The number of H-pyrrole nitrogens is 1. The first-order chi connectivity index (χ1) is 14.0. The average Bonchev–Trinajstić information content (AvgIpc) is 3.10. The number of rotatable bonds is 2. The highest BCUT2D eigenvalue weighted by molar-refractivity contribution is 9.10. The van der Waals surface area contributed by atoms with Crippen LogP contribution in [-0.4, -0.2) is 29.5 Å². The zero-order chi connectivity index (χ0) is 20.1. The molecule has 9 heteroatoms. The minimum Gasteiger partial charge on any atom is -0.309 e. The van der Waals surface area contributed by atoms with E-state index in [2.05, 4.69) is 36.2 Å². The van der Waals surface area contributed by atoms with Gasteiger partial charge in [0, 0.05) is 27.1 Å². The Morgan fingerprint density at radius 1 is 1.07 bits per heavy atom. The van der Waals surface area contributed by atoms with E-state index >= 15 is 0 Å². The molecule has 3 heterocycles. The van der Waals surface area contributed by atoms with Crippen molar-refractivity contribution in [1.82, 2.24) is 29.5 Å². The fourth-order valence-corrected chi connectivity index (χ4v) is 3.79. The Morgan fingerprint density at radius 3 is 2.76 bits per heavy atom. The van der Waals surface area contributed by atoms with Crippen molar-refractivity contribution in [3.63, 3.8) is 0 Å². The predicted octanol–water partition coefficient (Wildman–Crippen LogP) is 2.88. The van der Waals surface area contributed by atoms with Gasteiger partial charge < -0.3 is 4.98 Å². The minimum absolute atomic E-state index is 0.224. The Bertz CT molecular complexity index is 1530. The number of pyridine rings is 1. The zero-order valence-electron chi connectivity index (χ0n) is 15.1. The SMILES string of the molecule is Cc1[nH]c(=O)n(-c2cncc3ccccc23)c(=O)c1-n1nnc2cc(Br)ccc21. The standard InChI is InChI=1S/C20H13BrN6O2/c1-11-18(27-16-7-6-13(21)8-15(16)24-25-27)19(28)26(20(29)23-11)17-10-22-9-12-4-2-3-5-14(12)17/h2-10H,1H3,(H,23,29). The van der Waals surface area contributed by atoms with E-state index in [4.69, 9.17) is 0 Å². The minimum atomic E-state index is -0.540. The largest absolute Gasteiger partial charge is 0.333 e. The van der Waals surface area contributed by atoms with Gasteiger partial charge >= 0.3 is 5.69 Å². The van der Waals surface area contributed by atoms with E-state index in [0.29, 0.717) is 22.4 Å². The average molecular weight is 449 g/mol. The van der Waals surface area contributed by atoms with Crippen molar-refractivity contribution in [2.24, 2.45) is 0 Å². The number of hydrogen-bond acceptors (Lipinski definition) is 5. The van der Waals surface area contributed by atoms with Gasteiger partial charge in [-0.3, -0.25) is 9.78 Å². The van der Waals surface area contributed by atoms with E-state index in [1.807, 2.05) is 42.5 Å². The molecule has 5 rings (SSSR count). The molecule has 0 atom stereocenters. The molecule has 1 N–H and O–H groups in total. The maximum atomic E-state index is 13.5. The molecular weight excluding hydrogens is 436 g/mol. The normalized spacial score (nSPS) is 11.4. The summed E-state index contributed by atoms with van der Waals surface area (Å²) in [6.45, 7) is 1.66. The lowest BCUT2D eigenvalue weighted by atomic mass is 10.1. The summed E-state index contributed by atoms with van der Waals surface area (Å²) in [5, 5.41) is 9.87. The molecule has 0 radical (unpaired) electrons. The molecule has 0 spiro atoms. The topological polar surface area (TPSA) is 98.5 Å². The molecule has 0 amide bonds. The van der Waals surface area contributed by atoms with Crippen LogP contribution >= 0.6 is 15.9 Å². The molecule has 0 saturated carbocycles. The molecule has 0 saturated heterocycles. The van der Waals surface area contributed by atoms with Gasteiger partial charge in [-0.1, -0.05) is 45.4 Å². The Balaban J connectivity index is 1.86. The number of hydrogen-bond donors (Lipinski definition) is 1. The van der Waals surface area contributed by atoms with E-state index in [9.17, 15) is 9.59 Å². The summed E-state index contributed by atoms with van der Waals surface area (Å²) in [7, 11) is 0. The van der Waals surface area contributed by atoms with E-state index in [0.717, 1.165) is 19.8 Å². The summed E-state index contributed by atoms with van der Waals surface area (Å²) in [4.78, 5) is 33.2. The van der Waals surface area contributed by atoms with Gasteiger partial charge in [-0.2, -0.15) is 0 Å². The van der Waals surface area contributed by atoms with Gasteiger partial charge in [0.25, 0.3) is 5.56 Å². The van der Waals surface area contributed by atoms with Crippen molar-refractivity contribution in [1.29, 1.82) is 0 Å². The van der Waals surface area contributed by atoms with Crippen LogP contribution in [0.4, 0.5) is 0 Å². The van der Waals surface area contributed by atoms with Crippen LogP contribution in [0.5, 0.6) is 0 Å². The molecule has 0 fully saturated rings. The number of aryl methyl sites for hydroxylation is 1. The summed E-state index contributed by atoms with van der Waals surface area (Å²) in [5.74, 6) is 0. The lowest BCUT2D eigenvalue weighted by Crippen LogP contribution is -2.37. The third-order valence-corrected chi connectivity index (χ3v) is 5.26. The molecule has 8 nitrogen and oxygen atoms in total. The maximum absolute atomic E-state index is 13.5. The number of aromatic nitrogens is 6. The number of nitrogens with zero attached hydrogens (tertiary/aromatic N) is 5. The first-order valence-electron chi connectivity index (χ1n) is 8.75. The fraction of sp³-hybridized carbons (Fsp3) is 0.0500. The predicted molar refractivity (Wildman–Crippen MR) is 113 cm³/mol. The summed E-state index contributed by atoms with van der Waals surface area (Å²) in [5.41, 5.74) is 1.27. The van der Waals surface area contributed by atoms with Crippen LogP contribution in [0, 0.1) is 6.92 Å². The van der Waals surface area contributed by atoms with Crippen molar-refractivity contribution in [3.05, 3.63) is 85.9 Å². The van der Waals surface area contributed by atoms with Gasteiger partial charge in [0.05, 0.1) is 17.4 Å². The molecule has 29 heavy (non-hydrogen) atoms. The number of aromatic amines is 1. The van der Waals surface area contributed by atoms with Gasteiger partial charge in [-0.25, -0.2) is 14.0 Å². The highest BCUT2D eigenvalue weighted by atomic mass is 79.9. The second kappa shape index (κ2) is 6.49. The van der Waals surface area contributed by atoms with Crippen LogP contribution in [0.3, 0.4) is 0 Å². The Kier molecular flexibility index (Phi) is 3.92. The first kappa shape index (κ1) is 17.5. The Hall–Kier alpha value is -3.59. The van der Waals surface area contributed by atoms with Crippen molar-refractivity contribution in [2.75, 3.05) is 0 Å². The van der Waals surface area contributed by atoms with Gasteiger partial charge in [0.2, 0.25) is 0 Å².